The first-order valence-corrected chi connectivity index (χ1v) is 10.0. The molecule has 3 nitrogen and oxygen atoms in total. The van der Waals surface area contributed by atoms with Gasteiger partial charge >= 0.3 is 0 Å². The zero-order chi connectivity index (χ0) is 17.4. The van der Waals surface area contributed by atoms with E-state index in [0.717, 1.165) is 5.92 Å². The Balaban J connectivity index is 0.00000100. The first kappa shape index (κ1) is 19.3. The highest BCUT2D eigenvalue weighted by Crippen LogP contribution is 2.26. The van der Waals surface area contributed by atoms with Crippen LogP contribution in [-0.2, 0) is 0 Å². The number of piperazine rings is 1. The van der Waals surface area contributed by atoms with Gasteiger partial charge in [0, 0.05) is 51.5 Å². The molecule has 2 aliphatic heterocycles. The number of hydrogen-bond acceptors (Lipinski definition) is 3. The minimum absolute atomic E-state index is 0.616. The Kier molecular flexibility index (Phi) is 8.07. The van der Waals surface area contributed by atoms with Crippen molar-refractivity contribution in [3.8, 4) is 0 Å². The Morgan fingerprint density at radius 2 is 1.71 bits per heavy atom. The number of hydrogen-bond donors (Lipinski definition) is 1. The lowest BCUT2D eigenvalue weighted by atomic mass is 9.95. The van der Waals surface area contributed by atoms with Gasteiger partial charge in [0.05, 0.1) is 0 Å². The molecule has 0 unspecified atom stereocenters. The number of benzene rings is 1. The number of anilines is 1. The van der Waals surface area contributed by atoms with Crippen molar-refractivity contribution in [2.45, 2.75) is 46.5 Å². The molecule has 1 aromatic carbocycles. The Bertz CT molecular complexity index is 458. The number of piperidine rings is 1. The fourth-order valence-corrected chi connectivity index (χ4v) is 3.71. The molecule has 0 saturated carbocycles. The molecule has 0 aliphatic carbocycles. The van der Waals surface area contributed by atoms with Crippen LogP contribution >= 0.6 is 0 Å². The summed E-state index contributed by atoms with van der Waals surface area (Å²) in [5, 5.41) is 3.44. The molecule has 0 bridgehead atoms. The molecule has 0 atom stereocenters. The van der Waals surface area contributed by atoms with Gasteiger partial charge < -0.3 is 15.1 Å². The summed E-state index contributed by atoms with van der Waals surface area (Å²) in [6.07, 6.45) is 2.69. The number of rotatable bonds is 4. The first-order valence-electron chi connectivity index (χ1n) is 10.0. The molecular formula is C21H37N3. The molecule has 2 fully saturated rings. The lowest BCUT2D eigenvalue weighted by molar-refractivity contribution is 0.190. The van der Waals surface area contributed by atoms with Crippen LogP contribution in [0.3, 0.4) is 0 Å². The summed E-state index contributed by atoms with van der Waals surface area (Å²) >= 11 is 0. The van der Waals surface area contributed by atoms with E-state index in [-0.39, 0.29) is 0 Å². The predicted octanol–water partition coefficient (Wildman–Crippen LogP) is 3.96. The van der Waals surface area contributed by atoms with Gasteiger partial charge in [0.25, 0.3) is 0 Å². The third-order valence-corrected chi connectivity index (χ3v) is 5.24. The second-order valence-corrected chi connectivity index (χ2v) is 7.23. The summed E-state index contributed by atoms with van der Waals surface area (Å²) in [5.41, 5.74) is 2.88. The van der Waals surface area contributed by atoms with E-state index in [1.54, 1.807) is 0 Å². The van der Waals surface area contributed by atoms with Gasteiger partial charge in [-0.1, -0.05) is 39.8 Å². The lowest BCUT2D eigenvalue weighted by Gasteiger charge is -2.37. The van der Waals surface area contributed by atoms with Crippen molar-refractivity contribution in [1.82, 2.24) is 10.2 Å². The maximum absolute atomic E-state index is 3.44. The third kappa shape index (κ3) is 5.49. The topological polar surface area (TPSA) is 18.5 Å². The van der Waals surface area contributed by atoms with E-state index in [1.807, 2.05) is 13.8 Å². The third-order valence-electron chi connectivity index (χ3n) is 5.24. The molecule has 3 rings (SSSR count). The lowest BCUT2D eigenvalue weighted by Crippen LogP contribution is -2.46. The molecular weight excluding hydrogens is 294 g/mol. The van der Waals surface area contributed by atoms with Crippen molar-refractivity contribution >= 4 is 5.69 Å². The molecule has 0 spiro atoms. The quantitative estimate of drug-likeness (QED) is 0.901. The van der Waals surface area contributed by atoms with Crippen molar-refractivity contribution in [3.05, 3.63) is 29.8 Å². The Hall–Kier alpha value is -1.06. The van der Waals surface area contributed by atoms with Gasteiger partial charge in [-0.2, -0.15) is 0 Å². The molecule has 0 radical (unpaired) electrons. The van der Waals surface area contributed by atoms with E-state index in [4.69, 9.17) is 0 Å². The van der Waals surface area contributed by atoms with Crippen molar-refractivity contribution in [1.29, 1.82) is 0 Å². The number of nitrogens with one attached hydrogen (secondary N) is 1. The molecule has 136 valence electrons. The van der Waals surface area contributed by atoms with Crippen molar-refractivity contribution in [3.63, 3.8) is 0 Å². The Morgan fingerprint density at radius 1 is 1.04 bits per heavy atom. The summed E-state index contributed by atoms with van der Waals surface area (Å²) in [7, 11) is 0. The summed E-state index contributed by atoms with van der Waals surface area (Å²) in [4.78, 5) is 5.23. The maximum atomic E-state index is 3.44. The van der Waals surface area contributed by atoms with Crippen LogP contribution in [0, 0.1) is 5.92 Å². The van der Waals surface area contributed by atoms with Crippen LogP contribution in [0.4, 0.5) is 5.69 Å². The highest BCUT2D eigenvalue weighted by Gasteiger charge is 2.22. The monoisotopic (exact) mass is 331 g/mol. The molecule has 3 heteroatoms. The minimum atomic E-state index is 0.616. The van der Waals surface area contributed by atoms with E-state index in [0.29, 0.717) is 5.92 Å². The molecule has 0 aromatic heterocycles. The first-order chi connectivity index (χ1) is 11.7. The van der Waals surface area contributed by atoms with Crippen LogP contribution in [0.15, 0.2) is 24.3 Å². The SMILES string of the molecule is CC.CC(C)c1cccc(N2CCC(CN3CCNCC3)CC2)c1. The minimum Gasteiger partial charge on any atom is -0.372 e. The second kappa shape index (κ2) is 10.0. The van der Waals surface area contributed by atoms with E-state index in [2.05, 4.69) is 53.2 Å². The fraction of sp³-hybridized carbons (Fsp3) is 0.714. The van der Waals surface area contributed by atoms with E-state index >= 15 is 0 Å². The summed E-state index contributed by atoms with van der Waals surface area (Å²) in [6.45, 7) is 17.1. The molecule has 1 aromatic rings. The van der Waals surface area contributed by atoms with Gasteiger partial charge in [0.1, 0.15) is 0 Å². The van der Waals surface area contributed by atoms with Crippen LogP contribution in [0.1, 0.15) is 52.0 Å². The van der Waals surface area contributed by atoms with Crippen molar-refractivity contribution < 1.29 is 0 Å². The fourth-order valence-electron chi connectivity index (χ4n) is 3.71. The average molecular weight is 332 g/mol. The van der Waals surface area contributed by atoms with Crippen molar-refractivity contribution in [2.24, 2.45) is 5.92 Å². The molecule has 0 amide bonds. The Morgan fingerprint density at radius 3 is 2.33 bits per heavy atom. The smallest absolute Gasteiger partial charge is 0.0369 e. The van der Waals surface area contributed by atoms with Crippen LogP contribution in [0.5, 0.6) is 0 Å². The van der Waals surface area contributed by atoms with Crippen LogP contribution < -0.4 is 10.2 Å². The molecule has 1 N–H and O–H groups in total. The molecule has 2 aliphatic rings. The van der Waals surface area contributed by atoms with Crippen molar-refractivity contribution in [2.75, 3.05) is 50.7 Å². The zero-order valence-electron chi connectivity index (χ0n) is 16.2. The van der Waals surface area contributed by atoms with Gasteiger partial charge in [-0.15, -0.1) is 0 Å². The van der Waals surface area contributed by atoms with Gasteiger partial charge in [0.2, 0.25) is 0 Å². The van der Waals surface area contributed by atoms with E-state index in [1.165, 1.54) is 69.9 Å². The van der Waals surface area contributed by atoms with Crippen LogP contribution in [-0.4, -0.2) is 50.7 Å². The zero-order valence-corrected chi connectivity index (χ0v) is 16.2. The number of nitrogens with zero attached hydrogens (tertiary/aromatic N) is 2. The van der Waals surface area contributed by atoms with Crippen LogP contribution in [0.25, 0.3) is 0 Å². The average Bonchev–Trinajstić information content (AvgIpc) is 2.65. The summed E-state index contributed by atoms with van der Waals surface area (Å²) in [5.74, 6) is 1.51. The standard InChI is InChI=1S/C19H31N3.C2H6/c1-16(2)18-4-3-5-19(14-18)22-10-6-17(7-11-22)15-21-12-8-20-9-13-21;1-2/h3-5,14,16-17,20H,6-13,15H2,1-2H3;1-2H3. The highest BCUT2D eigenvalue weighted by molar-refractivity contribution is 5.49. The van der Waals surface area contributed by atoms with E-state index < -0.39 is 0 Å². The van der Waals surface area contributed by atoms with Gasteiger partial charge in [-0.3, -0.25) is 0 Å². The molecule has 2 heterocycles. The summed E-state index contributed by atoms with van der Waals surface area (Å²) in [6, 6.07) is 9.15. The molecule has 2 saturated heterocycles. The Labute approximate surface area is 149 Å². The second-order valence-electron chi connectivity index (χ2n) is 7.23. The molecule has 24 heavy (non-hydrogen) atoms. The highest BCUT2D eigenvalue weighted by atomic mass is 15.2. The normalized spacial score (nSPS) is 20.0. The van der Waals surface area contributed by atoms with E-state index in [9.17, 15) is 0 Å². The maximum Gasteiger partial charge on any atom is 0.0369 e. The largest absolute Gasteiger partial charge is 0.372 e. The van der Waals surface area contributed by atoms with Crippen LogP contribution in [0.2, 0.25) is 0 Å². The predicted molar refractivity (Wildman–Crippen MR) is 106 cm³/mol. The van der Waals surface area contributed by atoms with Gasteiger partial charge in [0.15, 0.2) is 0 Å². The summed E-state index contributed by atoms with van der Waals surface area (Å²) < 4.78 is 0. The van der Waals surface area contributed by atoms with Gasteiger partial charge in [-0.05, 0) is 42.4 Å². The van der Waals surface area contributed by atoms with Gasteiger partial charge in [-0.25, -0.2) is 0 Å².